The largest absolute Gasteiger partial charge is 0.387 e. The molecule has 0 radical (unpaired) electrons. The van der Waals surface area contributed by atoms with Gasteiger partial charge in [0.2, 0.25) is 0 Å². The third kappa shape index (κ3) is 2.67. The Kier molecular flexibility index (Phi) is 3.79. The first kappa shape index (κ1) is 12.5. The van der Waals surface area contributed by atoms with E-state index in [-0.39, 0.29) is 11.9 Å². The van der Waals surface area contributed by atoms with E-state index in [1.165, 1.54) is 6.42 Å². The summed E-state index contributed by atoms with van der Waals surface area (Å²) in [5, 5.41) is 13.6. The summed E-state index contributed by atoms with van der Waals surface area (Å²) in [4.78, 5) is 0. The van der Waals surface area contributed by atoms with Crippen LogP contribution >= 0.6 is 0 Å². The van der Waals surface area contributed by atoms with Crippen LogP contribution in [0.4, 0.5) is 4.39 Å². The summed E-state index contributed by atoms with van der Waals surface area (Å²) in [6.07, 6.45) is 2.77. The van der Waals surface area contributed by atoms with Gasteiger partial charge in [-0.2, -0.15) is 0 Å². The highest BCUT2D eigenvalue weighted by atomic mass is 19.1. The van der Waals surface area contributed by atoms with Crippen molar-refractivity contribution in [2.75, 3.05) is 6.54 Å². The first-order chi connectivity index (χ1) is 8.09. The lowest BCUT2D eigenvalue weighted by atomic mass is 9.93. The molecule has 94 valence electrons. The second-order valence-electron chi connectivity index (χ2n) is 4.97. The second-order valence-corrected chi connectivity index (χ2v) is 4.97. The zero-order valence-electron chi connectivity index (χ0n) is 10.5. The molecule has 2 nitrogen and oxygen atoms in total. The second kappa shape index (κ2) is 5.15. The maximum absolute atomic E-state index is 13.5. The van der Waals surface area contributed by atoms with E-state index >= 15 is 0 Å². The highest BCUT2D eigenvalue weighted by Crippen LogP contribution is 2.25. The predicted octanol–water partition coefficient (Wildman–Crippen LogP) is 2.62. The van der Waals surface area contributed by atoms with Crippen molar-refractivity contribution in [3.8, 4) is 0 Å². The van der Waals surface area contributed by atoms with E-state index in [0.29, 0.717) is 11.1 Å². The SMILES string of the molecule is Cc1cc(C(O)C2CCCCN2)cc(C)c1F. The molecule has 2 unspecified atom stereocenters. The standard InChI is InChI=1S/C14H20FNO/c1-9-7-11(8-10(2)13(9)15)14(17)12-5-3-4-6-16-12/h7-8,12,14,16-17H,3-6H2,1-2H3. The molecular formula is C14H20FNO. The third-order valence-electron chi connectivity index (χ3n) is 3.53. The average molecular weight is 237 g/mol. The predicted molar refractivity (Wildman–Crippen MR) is 66.5 cm³/mol. The maximum atomic E-state index is 13.5. The van der Waals surface area contributed by atoms with Gasteiger partial charge in [-0.25, -0.2) is 4.39 Å². The van der Waals surface area contributed by atoms with Crippen molar-refractivity contribution in [2.24, 2.45) is 0 Å². The Morgan fingerprint density at radius 2 is 1.94 bits per heavy atom. The molecule has 0 bridgehead atoms. The summed E-state index contributed by atoms with van der Waals surface area (Å²) >= 11 is 0. The van der Waals surface area contributed by atoms with E-state index < -0.39 is 6.10 Å². The number of halogens is 1. The van der Waals surface area contributed by atoms with Gasteiger partial charge >= 0.3 is 0 Å². The molecule has 1 aromatic rings. The van der Waals surface area contributed by atoms with Crippen molar-refractivity contribution in [3.63, 3.8) is 0 Å². The van der Waals surface area contributed by atoms with E-state index in [1.807, 2.05) is 0 Å². The highest BCUT2D eigenvalue weighted by molar-refractivity contribution is 5.32. The zero-order valence-corrected chi connectivity index (χ0v) is 10.5. The number of hydrogen-bond donors (Lipinski definition) is 2. The monoisotopic (exact) mass is 237 g/mol. The zero-order chi connectivity index (χ0) is 12.4. The fourth-order valence-electron chi connectivity index (χ4n) is 2.53. The summed E-state index contributed by atoms with van der Waals surface area (Å²) in [5.74, 6) is -0.169. The Morgan fingerprint density at radius 3 is 2.47 bits per heavy atom. The van der Waals surface area contributed by atoms with Crippen LogP contribution in [-0.4, -0.2) is 17.7 Å². The number of aryl methyl sites for hydroxylation is 2. The Labute approximate surface area is 102 Å². The lowest BCUT2D eigenvalue weighted by Gasteiger charge is -2.28. The minimum atomic E-state index is -0.534. The number of rotatable bonds is 2. The number of aliphatic hydroxyl groups is 1. The number of benzene rings is 1. The van der Waals surface area contributed by atoms with Gasteiger partial charge < -0.3 is 10.4 Å². The number of nitrogens with one attached hydrogen (secondary N) is 1. The minimum absolute atomic E-state index is 0.105. The number of piperidine rings is 1. The van der Waals surface area contributed by atoms with Crippen molar-refractivity contribution in [2.45, 2.75) is 45.3 Å². The van der Waals surface area contributed by atoms with Crippen molar-refractivity contribution in [1.29, 1.82) is 0 Å². The van der Waals surface area contributed by atoms with Crippen molar-refractivity contribution < 1.29 is 9.50 Å². The first-order valence-corrected chi connectivity index (χ1v) is 6.27. The summed E-state index contributed by atoms with van der Waals surface area (Å²) in [6.45, 7) is 4.45. The van der Waals surface area contributed by atoms with Gasteiger partial charge in [0.05, 0.1) is 6.10 Å². The lowest BCUT2D eigenvalue weighted by molar-refractivity contribution is 0.113. The fourth-order valence-corrected chi connectivity index (χ4v) is 2.53. The van der Waals surface area contributed by atoms with Gasteiger partial charge in [-0.3, -0.25) is 0 Å². The Bertz CT molecular complexity index is 376. The van der Waals surface area contributed by atoms with Crippen molar-refractivity contribution >= 4 is 0 Å². The third-order valence-corrected chi connectivity index (χ3v) is 3.53. The van der Waals surface area contributed by atoms with Crippen LogP contribution in [0.3, 0.4) is 0 Å². The molecule has 1 heterocycles. The van der Waals surface area contributed by atoms with Crippen LogP contribution in [0, 0.1) is 19.7 Å². The molecule has 1 aliphatic heterocycles. The van der Waals surface area contributed by atoms with Gasteiger partial charge in [-0.1, -0.05) is 18.6 Å². The van der Waals surface area contributed by atoms with Gasteiger partial charge in [0.1, 0.15) is 5.82 Å². The van der Waals surface area contributed by atoms with E-state index in [2.05, 4.69) is 5.32 Å². The summed E-state index contributed by atoms with van der Waals surface area (Å²) in [7, 11) is 0. The van der Waals surface area contributed by atoms with Crippen LogP contribution in [-0.2, 0) is 0 Å². The molecule has 0 aromatic heterocycles. The molecule has 0 amide bonds. The molecule has 3 heteroatoms. The van der Waals surface area contributed by atoms with Gasteiger partial charge in [-0.05, 0) is 49.9 Å². The molecule has 1 aromatic carbocycles. The highest BCUT2D eigenvalue weighted by Gasteiger charge is 2.23. The molecular weight excluding hydrogens is 217 g/mol. The van der Waals surface area contributed by atoms with Crippen LogP contribution in [0.25, 0.3) is 0 Å². The van der Waals surface area contributed by atoms with Gasteiger partial charge in [0, 0.05) is 6.04 Å². The minimum Gasteiger partial charge on any atom is -0.387 e. The molecule has 1 saturated heterocycles. The van der Waals surface area contributed by atoms with Crippen LogP contribution in [0.5, 0.6) is 0 Å². The van der Waals surface area contributed by atoms with E-state index in [1.54, 1.807) is 26.0 Å². The maximum Gasteiger partial charge on any atom is 0.129 e. The molecule has 0 spiro atoms. The Balaban J connectivity index is 2.21. The van der Waals surface area contributed by atoms with Crippen LogP contribution < -0.4 is 5.32 Å². The fraction of sp³-hybridized carbons (Fsp3) is 0.571. The molecule has 2 N–H and O–H groups in total. The summed E-state index contributed by atoms with van der Waals surface area (Å²) < 4.78 is 13.5. The van der Waals surface area contributed by atoms with Gasteiger partial charge in [-0.15, -0.1) is 0 Å². The lowest BCUT2D eigenvalue weighted by Crippen LogP contribution is -2.38. The van der Waals surface area contributed by atoms with E-state index in [9.17, 15) is 9.50 Å². The molecule has 0 aliphatic carbocycles. The van der Waals surface area contributed by atoms with E-state index in [0.717, 1.165) is 24.9 Å². The Morgan fingerprint density at radius 1 is 1.29 bits per heavy atom. The number of aliphatic hydroxyl groups excluding tert-OH is 1. The first-order valence-electron chi connectivity index (χ1n) is 6.27. The topological polar surface area (TPSA) is 32.3 Å². The molecule has 17 heavy (non-hydrogen) atoms. The normalized spacial score (nSPS) is 22.5. The average Bonchev–Trinajstić information content (AvgIpc) is 2.35. The molecule has 2 atom stereocenters. The van der Waals surface area contributed by atoms with Crippen molar-refractivity contribution in [1.82, 2.24) is 5.32 Å². The summed E-state index contributed by atoms with van der Waals surface area (Å²) in [6, 6.07) is 3.61. The van der Waals surface area contributed by atoms with Crippen LogP contribution in [0.1, 0.15) is 42.1 Å². The summed E-state index contributed by atoms with van der Waals surface area (Å²) in [5.41, 5.74) is 2.03. The smallest absolute Gasteiger partial charge is 0.129 e. The molecule has 2 rings (SSSR count). The molecule has 1 fully saturated rings. The van der Waals surface area contributed by atoms with Gasteiger partial charge in [0.25, 0.3) is 0 Å². The van der Waals surface area contributed by atoms with Crippen molar-refractivity contribution in [3.05, 3.63) is 34.6 Å². The quantitative estimate of drug-likeness (QED) is 0.828. The Hall–Kier alpha value is -0.930. The van der Waals surface area contributed by atoms with Crippen LogP contribution in [0.15, 0.2) is 12.1 Å². The molecule has 1 aliphatic rings. The van der Waals surface area contributed by atoms with E-state index in [4.69, 9.17) is 0 Å². The molecule has 0 saturated carbocycles. The van der Waals surface area contributed by atoms with Crippen LogP contribution in [0.2, 0.25) is 0 Å². The van der Waals surface area contributed by atoms with Gasteiger partial charge in [0.15, 0.2) is 0 Å². The number of hydrogen-bond acceptors (Lipinski definition) is 2.